The van der Waals surface area contributed by atoms with Gasteiger partial charge in [0.2, 0.25) is 17.7 Å². The molecule has 12 N–H and O–H groups in total. The van der Waals surface area contributed by atoms with Gasteiger partial charge in [0.05, 0.1) is 6.42 Å². The highest BCUT2D eigenvalue weighted by Crippen LogP contribution is 2.18. The van der Waals surface area contributed by atoms with E-state index >= 15 is 0 Å². The zero-order valence-corrected chi connectivity index (χ0v) is 39.4. The first kappa shape index (κ1) is 56.6. The number of hydrogen-bond acceptors (Lipinski definition) is 12. The molecule has 0 aliphatic heterocycles. The number of fused-ring (bicyclic) bond motifs is 1. The fraction of sp³-hybridized carbons (Fsp3) is 0.347. The summed E-state index contributed by atoms with van der Waals surface area (Å²) in [6.45, 7) is 1.46. The molecular weight excluding hydrogens is 957 g/mol. The van der Waals surface area contributed by atoms with E-state index in [4.69, 9.17) is 5.11 Å². The highest BCUT2D eigenvalue weighted by atomic mass is 16.4. The van der Waals surface area contributed by atoms with Crippen LogP contribution in [0.1, 0.15) is 88.9 Å². The number of rotatable bonds is 29. The number of aryl methyl sites for hydroxylation is 1. The molecule has 7 amide bonds. The summed E-state index contributed by atoms with van der Waals surface area (Å²) in [5.74, 6) is -10.8. The first-order valence-electron chi connectivity index (χ1n) is 22.8. The third-order valence-corrected chi connectivity index (χ3v) is 11.1. The number of amides is 7. The number of carboxylic acid groups (broad SMARTS) is 5. The summed E-state index contributed by atoms with van der Waals surface area (Å²) in [7, 11) is 0. The minimum absolute atomic E-state index is 0.0309. The normalized spacial score (nSPS) is 12.8. The lowest BCUT2D eigenvalue weighted by molar-refractivity contribution is -0.142. The van der Waals surface area contributed by atoms with Crippen molar-refractivity contribution < 1.29 is 78.3 Å². The third-order valence-electron chi connectivity index (χ3n) is 11.1. The summed E-state index contributed by atoms with van der Waals surface area (Å²) in [6, 6.07) is 13.3. The van der Waals surface area contributed by atoms with Crippen LogP contribution >= 0.6 is 0 Å². The predicted octanol–water partition coefficient (Wildman–Crippen LogP) is 1.48. The number of benzene rings is 3. The maximum absolute atomic E-state index is 13.7. The van der Waals surface area contributed by atoms with Crippen LogP contribution in [0.5, 0.6) is 0 Å². The molecule has 3 aromatic carbocycles. The molecule has 0 radical (unpaired) electrons. The molecule has 0 saturated heterocycles. The smallest absolute Gasteiger partial charge is 0.326 e. The van der Waals surface area contributed by atoms with Crippen molar-refractivity contribution in [3.63, 3.8) is 0 Å². The van der Waals surface area contributed by atoms with Gasteiger partial charge in [-0.15, -0.1) is 0 Å². The second-order valence-corrected chi connectivity index (χ2v) is 16.7. The number of nitrogens with zero attached hydrogens (tertiary/aromatic N) is 1. The van der Waals surface area contributed by atoms with Crippen LogP contribution in [0.3, 0.4) is 0 Å². The Kier molecular flexibility index (Phi) is 21.7. The monoisotopic (exact) mass is 1010 g/mol. The molecule has 0 aliphatic carbocycles. The Bertz CT molecular complexity index is 2680. The Balaban J connectivity index is 1.37. The molecule has 5 atom stereocenters. The molecule has 4 rings (SSSR count). The van der Waals surface area contributed by atoms with Gasteiger partial charge in [0, 0.05) is 55.4 Å². The molecule has 0 spiro atoms. The topological polar surface area (TPSA) is 386 Å². The number of aromatic nitrogens is 1. The Morgan fingerprint density at radius 1 is 0.507 bits per heavy atom. The van der Waals surface area contributed by atoms with Crippen LogP contribution in [0.25, 0.3) is 10.8 Å². The van der Waals surface area contributed by atoms with E-state index in [0.29, 0.717) is 16.8 Å². The third kappa shape index (κ3) is 19.4. The summed E-state index contributed by atoms with van der Waals surface area (Å²) in [5, 5.41) is 65.4. The lowest BCUT2D eigenvalue weighted by Crippen LogP contribution is -2.54. The highest BCUT2D eigenvalue weighted by molar-refractivity contribution is 5.99. The molecule has 0 fully saturated rings. The Morgan fingerprint density at radius 2 is 1.08 bits per heavy atom. The molecule has 388 valence electrons. The van der Waals surface area contributed by atoms with Gasteiger partial charge in [-0.25, -0.2) is 14.4 Å². The van der Waals surface area contributed by atoms with Gasteiger partial charge >= 0.3 is 35.9 Å². The van der Waals surface area contributed by atoms with Gasteiger partial charge in [-0.3, -0.25) is 43.3 Å². The standard InChI is InChI=1S/C49H56N8O16/c1-27-22-33(19-21-50-27)43(65)53-34(15-17-39(58)59)46(68)55-38(25-41(62)63)45(67)52-26-28-9-13-31(14-10-28)42(64)54-37(24-29-11-12-30-6-2-3-7-32(30)23-29)44(66)51-20-5-4-8-35(47(69)70)56-49(73)57-36(48(71)72)16-18-40(60)61/h2-3,6-7,9-14,19,21-23,34-38H,4-5,8,15-18,20,24-26H2,1H3,(H,51,66)(H,52,67)(H,53,65)(H,54,64)(H,55,68)(H,58,59)(H,60,61)(H,62,63)(H,69,70)(H,71,72)(H2,56,57,73). The average Bonchev–Trinajstić information content (AvgIpc) is 3.34. The zero-order chi connectivity index (χ0) is 53.6. The van der Waals surface area contributed by atoms with Crippen LogP contribution in [0, 0.1) is 6.92 Å². The van der Waals surface area contributed by atoms with Crippen LogP contribution in [0.4, 0.5) is 4.79 Å². The van der Waals surface area contributed by atoms with Crippen molar-refractivity contribution >= 4 is 76.2 Å². The van der Waals surface area contributed by atoms with E-state index < -0.39 is 121 Å². The van der Waals surface area contributed by atoms with Gasteiger partial charge < -0.3 is 62.8 Å². The van der Waals surface area contributed by atoms with Crippen molar-refractivity contribution in [3.8, 4) is 0 Å². The molecule has 5 unspecified atom stereocenters. The number of carboxylic acids is 5. The van der Waals surface area contributed by atoms with Crippen molar-refractivity contribution in [2.75, 3.05) is 6.54 Å². The largest absolute Gasteiger partial charge is 0.481 e. The van der Waals surface area contributed by atoms with E-state index in [-0.39, 0.29) is 56.3 Å². The van der Waals surface area contributed by atoms with E-state index in [1.54, 1.807) is 6.92 Å². The van der Waals surface area contributed by atoms with Gasteiger partial charge in [-0.1, -0.05) is 54.6 Å². The minimum atomic E-state index is -1.65. The Labute approximate surface area is 416 Å². The van der Waals surface area contributed by atoms with Crippen LogP contribution in [0.2, 0.25) is 0 Å². The van der Waals surface area contributed by atoms with Gasteiger partial charge in [0.1, 0.15) is 30.2 Å². The Morgan fingerprint density at radius 3 is 1.70 bits per heavy atom. The second-order valence-electron chi connectivity index (χ2n) is 16.7. The maximum Gasteiger partial charge on any atom is 0.326 e. The number of urea groups is 1. The fourth-order valence-electron chi connectivity index (χ4n) is 7.21. The number of aliphatic carboxylic acids is 5. The van der Waals surface area contributed by atoms with Crippen molar-refractivity contribution in [2.24, 2.45) is 0 Å². The molecule has 0 aliphatic rings. The summed E-state index contributed by atoms with van der Waals surface area (Å²) < 4.78 is 0. The first-order valence-corrected chi connectivity index (χ1v) is 22.8. The van der Waals surface area contributed by atoms with Gasteiger partial charge in [0.15, 0.2) is 0 Å². The van der Waals surface area contributed by atoms with Gasteiger partial charge in [-0.05, 0) is 85.2 Å². The number of carbonyl (C=O) groups is 11. The van der Waals surface area contributed by atoms with E-state index in [1.807, 2.05) is 42.5 Å². The zero-order valence-electron chi connectivity index (χ0n) is 39.4. The number of unbranched alkanes of at least 4 members (excludes halogenated alkanes) is 1. The van der Waals surface area contributed by atoms with Gasteiger partial charge in [0.25, 0.3) is 11.8 Å². The lowest BCUT2D eigenvalue weighted by atomic mass is 10.0. The molecule has 24 heteroatoms. The van der Waals surface area contributed by atoms with E-state index in [9.17, 15) is 73.2 Å². The van der Waals surface area contributed by atoms with Crippen molar-refractivity contribution in [1.29, 1.82) is 0 Å². The number of pyridine rings is 1. The van der Waals surface area contributed by atoms with Crippen LogP contribution in [-0.4, -0.2) is 133 Å². The highest BCUT2D eigenvalue weighted by Gasteiger charge is 2.30. The first-order chi connectivity index (χ1) is 34.7. The van der Waals surface area contributed by atoms with E-state index in [1.165, 1.54) is 42.6 Å². The SMILES string of the molecule is Cc1cc(C(=O)NC(CCC(=O)O)C(=O)NC(CC(=O)O)C(=O)NCc2ccc(C(=O)NC(Cc3ccc4ccccc4c3)C(=O)NCCCCC(NC(=O)NC(CCC(=O)O)C(=O)O)C(=O)O)cc2)ccn1. The average molecular weight is 1010 g/mol. The molecule has 0 saturated carbocycles. The quantitative estimate of drug-likeness (QED) is 0.0343. The lowest BCUT2D eigenvalue weighted by Gasteiger charge is -2.22. The molecule has 0 bridgehead atoms. The minimum Gasteiger partial charge on any atom is -0.481 e. The molecule has 1 aromatic heterocycles. The van der Waals surface area contributed by atoms with Crippen molar-refractivity contribution in [2.45, 2.75) is 101 Å². The molecule has 4 aromatic rings. The number of nitrogens with one attached hydrogen (secondary N) is 7. The predicted molar refractivity (Wildman–Crippen MR) is 257 cm³/mol. The second kappa shape index (κ2) is 28.0. The van der Waals surface area contributed by atoms with Crippen molar-refractivity contribution in [1.82, 2.24) is 42.2 Å². The summed E-state index contributed by atoms with van der Waals surface area (Å²) in [4.78, 5) is 140. The van der Waals surface area contributed by atoms with Crippen molar-refractivity contribution in [3.05, 3.63) is 113 Å². The fourth-order valence-corrected chi connectivity index (χ4v) is 7.21. The number of hydrogen-bond donors (Lipinski definition) is 12. The van der Waals surface area contributed by atoms with Crippen LogP contribution in [-0.2, 0) is 51.3 Å². The summed E-state index contributed by atoms with van der Waals surface area (Å²) in [5.41, 5.74) is 1.89. The number of carbonyl (C=O) groups excluding carboxylic acids is 6. The molecule has 24 nitrogen and oxygen atoms in total. The summed E-state index contributed by atoms with van der Waals surface area (Å²) >= 11 is 0. The van der Waals surface area contributed by atoms with Gasteiger partial charge in [-0.2, -0.15) is 0 Å². The van der Waals surface area contributed by atoms with E-state index in [2.05, 4.69) is 42.2 Å². The maximum atomic E-state index is 13.7. The molecule has 1 heterocycles. The van der Waals surface area contributed by atoms with Crippen LogP contribution in [0.15, 0.2) is 85.1 Å². The van der Waals surface area contributed by atoms with Crippen LogP contribution < -0.4 is 37.2 Å². The Hall–Kier alpha value is -8.96. The summed E-state index contributed by atoms with van der Waals surface area (Å²) in [6.07, 6.45) is -1.07. The van der Waals surface area contributed by atoms with E-state index in [0.717, 1.165) is 10.8 Å². The molecule has 73 heavy (non-hydrogen) atoms. The molecular formula is C49H56N8O16.